The molecule has 0 saturated heterocycles. The highest BCUT2D eigenvalue weighted by Crippen LogP contribution is 2.26. The van der Waals surface area contributed by atoms with Crippen LogP contribution < -0.4 is 4.74 Å². The summed E-state index contributed by atoms with van der Waals surface area (Å²) >= 11 is 0. The van der Waals surface area contributed by atoms with Crippen molar-refractivity contribution in [1.29, 1.82) is 0 Å². The molecule has 1 aromatic heterocycles. The Hall–Kier alpha value is -2.10. The first-order chi connectivity index (χ1) is 8.33. The number of ether oxygens (including phenoxy) is 1. The van der Waals surface area contributed by atoms with E-state index in [-0.39, 0.29) is 5.78 Å². The number of benzene rings is 1. The van der Waals surface area contributed by atoms with Crippen molar-refractivity contribution < 1.29 is 9.53 Å². The minimum Gasteiger partial charge on any atom is -0.493 e. The summed E-state index contributed by atoms with van der Waals surface area (Å²) in [7, 11) is 0. The molecule has 0 aliphatic carbocycles. The fourth-order valence-electron chi connectivity index (χ4n) is 2.01. The third-order valence-electron chi connectivity index (χ3n) is 2.89. The van der Waals surface area contributed by atoms with Crippen molar-refractivity contribution in [2.45, 2.75) is 12.8 Å². The Balaban J connectivity index is 1.82. The van der Waals surface area contributed by atoms with Crippen LogP contribution in [0.15, 0.2) is 30.6 Å². The molecule has 17 heavy (non-hydrogen) atoms. The molecular formula is C13H12N2O2. The fraction of sp³-hybridized carbons (Fsp3) is 0.231. The molecule has 2 aromatic rings. The summed E-state index contributed by atoms with van der Waals surface area (Å²) in [5, 5.41) is 0. The Bertz CT molecular complexity index is 547. The second-order valence-electron chi connectivity index (χ2n) is 4.06. The topological polar surface area (TPSA) is 55.0 Å². The number of carbonyl (C=O) groups excluding carboxylic acids is 1. The Morgan fingerprint density at radius 1 is 1.47 bits per heavy atom. The molecule has 3 rings (SSSR count). The van der Waals surface area contributed by atoms with Crippen LogP contribution in [0.1, 0.15) is 21.7 Å². The van der Waals surface area contributed by atoms with Crippen molar-refractivity contribution in [3.05, 3.63) is 47.5 Å². The first-order valence-corrected chi connectivity index (χ1v) is 5.60. The van der Waals surface area contributed by atoms with E-state index in [4.69, 9.17) is 4.74 Å². The number of carbonyl (C=O) groups is 1. The Morgan fingerprint density at radius 3 is 3.24 bits per heavy atom. The van der Waals surface area contributed by atoms with Gasteiger partial charge in [0.2, 0.25) is 0 Å². The van der Waals surface area contributed by atoms with Crippen LogP contribution in [-0.4, -0.2) is 22.4 Å². The predicted octanol–water partition coefficient (Wildman–Crippen LogP) is 1.77. The number of nitrogens with one attached hydrogen (secondary N) is 1. The van der Waals surface area contributed by atoms with E-state index in [0.717, 1.165) is 23.3 Å². The molecule has 0 atom stereocenters. The molecule has 4 heteroatoms. The summed E-state index contributed by atoms with van der Waals surface area (Å²) in [6.45, 7) is 0.713. The van der Waals surface area contributed by atoms with E-state index in [1.807, 2.05) is 18.2 Å². The number of hydrogen-bond donors (Lipinski definition) is 1. The molecule has 2 heterocycles. The summed E-state index contributed by atoms with van der Waals surface area (Å²) in [4.78, 5) is 19.0. The average Bonchev–Trinajstić information content (AvgIpc) is 2.97. The van der Waals surface area contributed by atoms with Crippen LogP contribution in [0.3, 0.4) is 0 Å². The van der Waals surface area contributed by atoms with Crippen molar-refractivity contribution >= 4 is 5.78 Å². The van der Waals surface area contributed by atoms with Crippen LogP contribution in [0.4, 0.5) is 0 Å². The van der Waals surface area contributed by atoms with Crippen LogP contribution in [-0.2, 0) is 12.8 Å². The van der Waals surface area contributed by atoms with E-state index in [0.29, 0.717) is 18.9 Å². The molecule has 0 saturated carbocycles. The highest BCUT2D eigenvalue weighted by atomic mass is 16.5. The predicted molar refractivity (Wildman–Crippen MR) is 62.3 cm³/mol. The number of aromatic amines is 1. The first-order valence-electron chi connectivity index (χ1n) is 5.60. The zero-order valence-electron chi connectivity index (χ0n) is 9.27. The van der Waals surface area contributed by atoms with Gasteiger partial charge in [0.05, 0.1) is 13.0 Å². The maximum absolute atomic E-state index is 12.0. The largest absolute Gasteiger partial charge is 0.493 e. The van der Waals surface area contributed by atoms with Gasteiger partial charge in [0.1, 0.15) is 11.6 Å². The van der Waals surface area contributed by atoms with Gasteiger partial charge in [0.15, 0.2) is 5.78 Å². The van der Waals surface area contributed by atoms with E-state index >= 15 is 0 Å². The van der Waals surface area contributed by atoms with Crippen LogP contribution in [0.2, 0.25) is 0 Å². The summed E-state index contributed by atoms with van der Waals surface area (Å²) in [5.74, 6) is 1.68. The highest BCUT2D eigenvalue weighted by molar-refractivity contribution is 5.97. The molecule has 1 aliphatic heterocycles. The number of ketones is 1. The molecule has 1 aliphatic rings. The molecule has 1 aromatic carbocycles. The smallest absolute Gasteiger partial charge is 0.170 e. The number of Topliss-reactive ketones (excluding diaryl/α,β-unsaturated/α-hetero) is 1. The van der Waals surface area contributed by atoms with Gasteiger partial charge in [-0.3, -0.25) is 4.79 Å². The average molecular weight is 228 g/mol. The lowest BCUT2D eigenvalue weighted by molar-refractivity contribution is 0.0991. The molecule has 1 N–H and O–H groups in total. The van der Waals surface area contributed by atoms with E-state index in [9.17, 15) is 4.79 Å². The minimum absolute atomic E-state index is 0.0784. The SMILES string of the molecule is O=C(Cc1ncc[nH]1)c1ccc2c(c1)CCO2. The summed E-state index contributed by atoms with van der Waals surface area (Å²) < 4.78 is 5.41. The normalized spacial score (nSPS) is 13.2. The number of nitrogens with zero attached hydrogens (tertiary/aromatic N) is 1. The van der Waals surface area contributed by atoms with Gasteiger partial charge >= 0.3 is 0 Å². The van der Waals surface area contributed by atoms with Crippen molar-refractivity contribution in [3.63, 3.8) is 0 Å². The van der Waals surface area contributed by atoms with Crippen molar-refractivity contribution in [1.82, 2.24) is 9.97 Å². The fourth-order valence-corrected chi connectivity index (χ4v) is 2.01. The number of fused-ring (bicyclic) bond motifs is 1. The Kier molecular flexibility index (Phi) is 2.40. The van der Waals surface area contributed by atoms with Crippen molar-refractivity contribution in [3.8, 4) is 5.75 Å². The monoisotopic (exact) mass is 228 g/mol. The number of imidazole rings is 1. The number of aromatic nitrogens is 2. The molecule has 0 radical (unpaired) electrons. The standard InChI is InChI=1S/C13H12N2O2/c16-11(8-13-14-4-5-15-13)9-1-2-12-10(7-9)3-6-17-12/h1-2,4-5,7H,3,6,8H2,(H,14,15). The van der Waals surface area contributed by atoms with Gasteiger partial charge in [-0.05, 0) is 23.8 Å². The molecule has 0 bridgehead atoms. The lowest BCUT2D eigenvalue weighted by Gasteiger charge is -2.02. The molecule has 0 spiro atoms. The Labute approximate surface area is 98.6 Å². The van der Waals surface area contributed by atoms with Crippen LogP contribution >= 0.6 is 0 Å². The quantitative estimate of drug-likeness (QED) is 0.814. The summed E-state index contributed by atoms with van der Waals surface area (Å²) in [6.07, 6.45) is 4.57. The van der Waals surface area contributed by atoms with Gasteiger partial charge in [0, 0.05) is 24.4 Å². The van der Waals surface area contributed by atoms with Gasteiger partial charge in [0.25, 0.3) is 0 Å². The summed E-state index contributed by atoms with van der Waals surface area (Å²) in [6, 6.07) is 5.61. The maximum Gasteiger partial charge on any atom is 0.170 e. The first kappa shape index (κ1) is 10.1. The molecular weight excluding hydrogens is 216 g/mol. The Morgan fingerprint density at radius 2 is 2.41 bits per heavy atom. The van der Waals surface area contributed by atoms with E-state index in [1.54, 1.807) is 12.4 Å². The molecule has 0 unspecified atom stereocenters. The molecule has 4 nitrogen and oxygen atoms in total. The van der Waals surface area contributed by atoms with E-state index in [2.05, 4.69) is 9.97 Å². The second kappa shape index (κ2) is 4.05. The van der Waals surface area contributed by atoms with Crippen LogP contribution in [0.5, 0.6) is 5.75 Å². The van der Waals surface area contributed by atoms with E-state index < -0.39 is 0 Å². The van der Waals surface area contributed by atoms with Gasteiger partial charge in [-0.15, -0.1) is 0 Å². The van der Waals surface area contributed by atoms with Gasteiger partial charge in [-0.25, -0.2) is 4.98 Å². The minimum atomic E-state index is 0.0784. The van der Waals surface area contributed by atoms with Crippen molar-refractivity contribution in [2.24, 2.45) is 0 Å². The van der Waals surface area contributed by atoms with Crippen LogP contribution in [0.25, 0.3) is 0 Å². The number of rotatable bonds is 3. The third-order valence-corrected chi connectivity index (χ3v) is 2.89. The molecule has 0 fully saturated rings. The molecule has 0 amide bonds. The second-order valence-corrected chi connectivity index (χ2v) is 4.06. The van der Waals surface area contributed by atoms with Crippen molar-refractivity contribution in [2.75, 3.05) is 6.61 Å². The van der Waals surface area contributed by atoms with E-state index in [1.165, 1.54) is 0 Å². The third kappa shape index (κ3) is 1.93. The highest BCUT2D eigenvalue weighted by Gasteiger charge is 2.15. The molecule has 86 valence electrons. The zero-order chi connectivity index (χ0) is 11.7. The lowest BCUT2D eigenvalue weighted by atomic mass is 10.0. The van der Waals surface area contributed by atoms with Gasteiger partial charge in [-0.2, -0.15) is 0 Å². The summed E-state index contributed by atoms with van der Waals surface area (Å²) in [5.41, 5.74) is 1.85. The van der Waals surface area contributed by atoms with Crippen LogP contribution in [0, 0.1) is 0 Å². The number of H-pyrrole nitrogens is 1. The lowest BCUT2D eigenvalue weighted by Crippen LogP contribution is -2.05. The number of hydrogen-bond acceptors (Lipinski definition) is 3. The zero-order valence-corrected chi connectivity index (χ0v) is 9.27. The van der Waals surface area contributed by atoms with Gasteiger partial charge in [-0.1, -0.05) is 0 Å². The van der Waals surface area contributed by atoms with Gasteiger partial charge < -0.3 is 9.72 Å². The maximum atomic E-state index is 12.0.